The van der Waals surface area contributed by atoms with Crippen molar-refractivity contribution in [3.63, 3.8) is 0 Å². The van der Waals surface area contributed by atoms with E-state index in [0.717, 1.165) is 54.8 Å². The Balaban J connectivity index is 1.71. The van der Waals surface area contributed by atoms with Crippen molar-refractivity contribution >= 4 is 11.0 Å². The average Bonchev–Trinajstić information content (AvgIpc) is 3.37. The number of hydrogen-bond donors (Lipinski definition) is 1. The van der Waals surface area contributed by atoms with Crippen molar-refractivity contribution in [3.8, 4) is 0 Å². The van der Waals surface area contributed by atoms with Gasteiger partial charge in [0.25, 0.3) is 0 Å². The number of aryl methyl sites for hydroxylation is 1. The zero-order chi connectivity index (χ0) is 18.8. The first-order valence-corrected chi connectivity index (χ1v) is 9.42. The number of imidazole rings is 2. The SMILES string of the molecule is COCc1cn(CCCCO)c(Cn2c(=O)n(C3CC3)c3ccncc32)n1. The standard InChI is InChI=1S/C19H25N5O3/c1-27-13-14-11-22(8-2-3-9-25)18(21-14)12-23-17-10-20-7-6-16(17)24(19(23)26)15-4-5-15/h6-7,10-11,15,25H,2-5,8-9,12-13H2,1H3. The summed E-state index contributed by atoms with van der Waals surface area (Å²) >= 11 is 0. The van der Waals surface area contributed by atoms with Crippen LogP contribution in [0.2, 0.25) is 0 Å². The minimum absolute atomic E-state index is 0.00120. The molecule has 4 rings (SSSR count). The van der Waals surface area contributed by atoms with Gasteiger partial charge in [0.1, 0.15) is 5.82 Å². The molecule has 0 unspecified atom stereocenters. The second-order valence-electron chi connectivity index (χ2n) is 7.04. The van der Waals surface area contributed by atoms with E-state index >= 15 is 0 Å². The van der Waals surface area contributed by atoms with Gasteiger partial charge >= 0.3 is 5.69 Å². The normalized spacial score (nSPS) is 14.3. The molecule has 0 saturated heterocycles. The topological polar surface area (TPSA) is 87.1 Å². The second-order valence-corrected chi connectivity index (χ2v) is 7.04. The molecule has 1 saturated carbocycles. The minimum atomic E-state index is -0.00120. The molecular weight excluding hydrogens is 346 g/mol. The maximum Gasteiger partial charge on any atom is 0.329 e. The molecule has 3 aromatic heterocycles. The first-order chi connectivity index (χ1) is 13.2. The van der Waals surface area contributed by atoms with E-state index < -0.39 is 0 Å². The van der Waals surface area contributed by atoms with Gasteiger partial charge in [0.05, 0.1) is 36.1 Å². The lowest BCUT2D eigenvalue weighted by molar-refractivity contribution is 0.181. The van der Waals surface area contributed by atoms with Gasteiger partial charge in [0.2, 0.25) is 0 Å². The Morgan fingerprint density at radius 1 is 1.30 bits per heavy atom. The van der Waals surface area contributed by atoms with Crippen molar-refractivity contribution in [1.82, 2.24) is 23.7 Å². The van der Waals surface area contributed by atoms with Gasteiger partial charge in [-0.2, -0.15) is 0 Å². The molecule has 3 aromatic rings. The van der Waals surface area contributed by atoms with Crippen LogP contribution in [0, 0.1) is 0 Å². The number of ether oxygens (including phenoxy) is 1. The molecule has 0 aliphatic heterocycles. The Morgan fingerprint density at radius 2 is 2.15 bits per heavy atom. The average molecular weight is 371 g/mol. The van der Waals surface area contributed by atoms with Gasteiger partial charge in [-0.25, -0.2) is 9.78 Å². The highest BCUT2D eigenvalue weighted by molar-refractivity contribution is 5.75. The summed E-state index contributed by atoms with van der Waals surface area (Å²) in [6.07, 6.45) is 9.15. The molecule has 1 fully saturated rings. The Bertz CT molecular complexity index is 983. The highest BCUT2D eigenvalue weighted by atomic mass is 16.5. The number of aromatic nitrogens is 5. The fourth-order valence-corrected chi connectivity index (χ4v) is 3.55. The number of unbranched alkanes of at least 4 members (excludes halogenated alkanes) is 1. The smallest absolute Gasteiger partial charge is 0.329 e. The van der Waals surface area contributed by atoms with Crippen LogP contribution in [0.5, 0.6) is 0 Å². The predicted octanol–water partition coefficient (Wildman–Crippen LogP) is 1.70. The van der Waals surface area contributed by atoms with Crippen LogP contribution in [0.1, 0.15) is 43.2 Å². The van der Waals surface area contributed by atoms with Gasteiger partial charge in [0.15, 0.2) is 0 Å². The van der Waals surface area contributed by atoms with E-state index in [-0.39, 0.29) is 12.3 Å². The number of methoxy groups -OCH3 is 1. The van der Waals surface area contributed by atoms with Crippen LogP contribution in [0.15, 0.2) is 29.5 Å². The van der Waals surface area contributed by atoms with Crippen molar-refractivity contribution in [2.45, 2.75) is 51.4 Å². The number of hydrogen-bond acceptors (Lipinski definition) is 5. The first kappa shape index (κ1) is 17.9. The quantitative estimate of drug-likeness (QED) is 0.579. The fraction of sp³-hybridized carbons (Fsp3) is 0.526. The number of rotatable bonds is 9. The third-order valence-electron chi connectivity index (χ3n) is 4.99. The monoisotopic (exact) mass is 371 g/mol. The van der Waals surface area contributed by atoms with Gasteiger partial charge in [-0.1, -0.05) is 0 Å². The van der Waals surface area contributed by atoms with Crippen LogP contribution in [0.25, 0.3) is 11.0 Å². The van der Waals surface area contributed by atoms with E-state index in [0.29, 0.717) is 19.2 Å². The lowest BCUT2D eigenvalue weighted by Crippen LogP contribution is -2.25. The molecule has 1 aliphatic carbocycles. The van der Waals surface area contributed by atoms with Crippen molar-refractivity contribution in [3.05, 3.63) is 46.7 Å². The highest BCUT2D eigenvalue weighted by Gasteiger charge is 2.29. The van der Waals surface area contributed by atoms with E-state index in [4.69, 9.17) is 9.84 Å². The van der Waals surface area contributed by atoms with Crippen molar-refractivity contribution in [2.75, 3.05) is 13.7 Å². The molecule has 3 heterocycles. The Labute approximate surface area is 157 Å². The van der Waals surface area contributed by atoms with Gasteiger partial charge in [0, 0.05) is 38.7 Å². The van der Waals surface area contributed by atoms with Crippen molar-refractivity contribution in [2.24, 2.45) is 0 Å². The lowest BCUT2D eigenvalue weighted by atomic mass is 10.3. The molecule has 8 nitrogen and oxygen atoms in total. The summed E-state index contributed by atoms with van der Waals surface area (Å²) in [4.78, 5) is 22.0. The third kappa shape index (κ3) is 3.54. The summed E-state index contributed by atoms with van der Waals surface area (Å²) in [5.74, 6) is 0.820. The Kier molecular flexibility index (Phi) is 5.09. The summed E-state index contributed by atoms with van der Waals surface area (Å²) in [6, 6.07) is 2.22. The van der Waals surface area contributed by atoms with Crippen LogP contribution in [-0.4, -0.2) is 42.5 Å². The van der Waals surface area contributed by atoms with Gasteiger partial charge in [-0.3, -0.25) is 14.1 Å². The fourth-order valence-electron chi connectivity index (χ4n) is 3.55. The molecule has 0 amide bonds. The molecule has 144 valence electrons. The van der Waals surface area contributed by atoms with Crippen molar-refractivity contribution in [1.29, 1.82) is 0 Å². The predicted molar refractivity (Wildman–Crippen MR) is 101 cm³/mol. The number of aliphatic hydroxyl groups excluding tert-OH is 1. The van der Waals surface area contributed by atoms with Crippen molar-refractivity contribution < 1.29 is 9.84 Å². The first-order valence-electron chi connectivity index (χ1n) is 9.42. The van der Waals surface area contributed by atoms with E-state index in [9.17, 15) is 4.79 Å². The number of aliphatic hydroxyl groups is 1. The summed E-state index contributed by atoms with van der Waals surface area (Å²) in [5.41, 5.74) is 2.62. The summed E-state index contributed by atoms with van der Waals surface area (Å²) in [6.45, 7) is 1.75. The van der Waals surface area contributed by atoms with E-state index in [1.54, 1.807) is 24.1 Å². The summed E-state index contributed by atoms with van der Waals surface area (Å²) in [7, 11) is 1.64. The molecule has 8 heteroatoms. The van der Waals surface area contributed by atoms with Gasteiger partial charge < -0.3 is 14.4 Å². The maximum absolute atomic E-state index is 13.1. The zero-order valence-electron chi connectivity index (χ0n) is 15.5. The zero-order valence-corrected chi connectivity index (χ0v) is 15.5. The molecule has 1 N–H and O–H groups in total. The van der Waals surface area contributed by atoms with E-state index in [2.05, 4.69) is 14.5 Å². The van der Waals surface area contributed by atoms with E-state index in [1.165, 1.54) is 0 Å². The van der Waals surface area contributed by atoms with Crippen LogP contribution < -0.4 is 5.69 Å². The molecule has 0 radical (unpaired) electrons. The molecule has 0 spiro atoms. The Hall–Kier alpha value is -2.45. The lowest BCUT2D eigenvalue weighted by Gasteiger charge is -2.08. The summed E-state index contributed by atoms with van der Waals surface area (Å²) in [5, 5.41) is 9.05. The second kappa shape index (κ2) is 7.66. The number of nitrogens with zero attached hydrogens (tertiary/aromatic N) is 5. The van der Waals surface area contributed by atoms with Gasteiger partial charge in [-0.15, -0.1) is 0 Å². The summed E-state index contributed by atoms with van der Waals surface area (Å²) < 4.78 is 10.9. The van der Waals surface area contributed by atoms with Crippen LogP contribution in [-0.2, 0) is 24.4 Å². The molecule has 0 bridgehead atoms. The molecule has 0 atom stereocenters. The molecule has 27 heavy (non-hydrogen) atoms. The molecular formula is C19H25N5O3. The van der Waals surface area contributed by atoms with Crippen LogP contribution in [0.3, 0.4) is 0 Å². The maximum atomic E-state index is 13.1. The number of pyridine rings is 1. The van der Waals surface area contributed by atoms with E-state index in [1.807, 2.05) is 16.8 Å². The van der Waals surface area contributed by atoms with Crippen LogP contribution >= 0.6 is 0 Å². The van der Waals surface area contributed by atoms with Gasteiger partial charge in [-0.05, 0) is 31.7 Å². The van der Waals surface area contributed by atoms with Crippen LogP contribution in [0.4, 0.5) is 0 Å². The largest absolute Gasteiger partial charge is 0.396 e. The number of fused-ring (bicyclic) bond motifs is 1. The minimum Gasteiger partial charge on any atom is -0.396 e. The highest BCUT2D eigenvalue weighted by Crippen LogP contribution is 2.36. The molecule has 1 aliphatic rings. The Morgan fingerprint density at radius 3 is 2.89 bits per heavy atom. The third-order valence-corrected chi connectivity index (χ3v) is 4.99. The molecule has 0 aromatic carbocycles.